The molecule has 1 N–H and O–H groups in total. The minimum atomic E-state index is -1.28. The number of rotatable bonds is 6. The van der Waals surface area contributed by atoms with Gasteiger partial charge in [0.1, 0.15) is 11.5 Å². The zero-order valence-corrected chi connectivity index (χ0v) is 32.1. The largest absolute Gasteiger partial charge is 0.504 e. The van der Waals surface area contributed by atoms with Gasteiger partial charge in [-0.15, -0.1) is 11.3 Å². The molecule has 2 aliphatic carbocycles. The minimum absolute atomic E-state index is 0.0654. The van der Waals surface area contributed by atoms with E-state index >= 15 is 4.79 Å². The molecule has 0 bridgehead atoms. The Bertz CT molecular complexity index is 2550. The fourth-order valence-electron chi connectivity index (χ4n) is 9.72. The van der Waals surface area contributed by atoms with Crippen molar-refractivity contribution in [3.05, 3.63) is 107 Å². The number of phenols is 1. The molecule has 10 nitrogen and oxygen atoms in total. The molecule has 4 aliphatic rings. The number of amides is 4. The van der Waals surface area contributed by atoms with Crippen LogP contribution in [0.3, 0.4) is 0 Å². The quantitative estimate of drug-likeness (QED) is 0.137. The molecule has 0 spiro atoms. The Hall–Kier alpha value is -5.52. The van der Waals surface area contributed by atoms with Crippen molar-refractivity contribution in [1.82, 2.24) is 9.78 Å². The number of aromatic nitrogens is 2. The average Bonchev–Trinajstić information content (AvgIpc) is 3.85. The molecule has 6 atom stereocenters. The molecule has 2 aromatic heterocycles. The molecule has 4 heterocycles. The third-order valence-corrected chi connectivity index (χ3v) is 13.9. The van der Waals surface area contributed by atoms with Crippen LogP contribution in [-0.4, -0.2) is 45.6 Å². The van der Waals surface area contributed by atoms with E-state index in [1.54, 1.807) is 59.5 Å². The first-order valence-corrected chi connectivity index (χ1v) is 19.3. The predicted octanol–water partition coefficient (Wildman–Crippen LogP) is 8.06. The van der Waals surface area contributed by atoms with E-state index in [4.69, 9.17) is 21.4 Å². The van der Waals surface area contributed by atoms with Gasteiger partial charge in [-0.05, 0) is 97.1 Å². The van der Waals surface area contributed by atoms with Gasteiger partial charge in [0, 0.05) is 28.8 Å². The van der Waals surface area contributed by atoms with Gasteiger partial charge in [-0.1, -0.05) is 54.1 Å². The van der Waals surface area contributed by atoms with E-state index in [0.717, 1.165) is 31.7 Å². The molecular formula is C43H37ClN4O6S. The summed E-state index contributed by atoms with van der Waals surface area (Å²) in [4.78, 5) is 62.0. The molecule has 278 valence electrons. The van der Waals surface area contributed by atoms with Gasteiger partial charge in [-0.3, -0.25) is 28.8 Å². The highest BCUT2D eigenvalue weighted by Gasteiger charge is 2.68. The number of hydrogen-bond acceptors (Lipinski definition) is 8. The summed E-state index contributed by atoms with van der Waals surface area (Å²) in [6.45, 7) is 7.64. The van der Waals surface area contributed by atoms with Crippen molar-refractivity contribution in [2.75, 3.05) is 16.9 Å². The summed E-state index contributed by atoms with van der Waals surface area (Å²) >= 11 is 7.89. The number of nitrogens with zero attached hydrogens (tertiary/aromatic N) is 4. The summed E-state index contributed by atoms with van der Waals surface area (Å²) in [7, 11) is 3.17. The lowest BCUT2D eigenvalue weighted by molar-refractivity contribution is -0.131. The molecule has 2 saturated heterocycles. The molecule has 4 amide bonds. The van der Waals surface area contributed by atoms with Crippen molar-refractivity contribution in [3.8, 4) is 22.1 Å². The first kappa shape index (κ1) is 35.2. The Kier molecular flexibility index (Phi) is 8.00. The number of methoxy groups -OCH3 is 1. The van der Waals surface area contributed by atoms with Crippen LogP contribution in [0.25, 0.3) is 26.7 Å². The summed E-state index contributed by atoms with van der Waals surface area (Å²) in [5.74, 6) is -4.18. The average molecular weight is 773 g/mol. The molecule has 9 rings (SSSR count). The first-order valence-electron chi connectivity index (χ1n) is 18.2. The number of allylic oxidation sites excluding steroid dienone is 2. The van der Waals surface area contributed by atoms with Gasteiger partial charge in [0.15, 0.2) is 11.5 Å². The highest BCUT2D eigenvalue weighted by molar-refractivity contribution is 7.22. The van der Waals surface area contributed by atoms with Gasteiger partial charge < -0.3 is 9.84 Å². The maximum Gasteiger partial charge on any atom is 0.242 e. The maximum atomic E-state index is 15.1. The van der Waals surface area contributed by atoms with Crippen LogP contribution in [0.5, 0.6) is 11.5 Å². The lowest BCUT2D eigenvalue weighted by atomic mass is 9.51. The predicted molar refractivity (Wildman–Crippen MR) is 212 cm³/mol. The van der Waals surface area contributed by atoms with E-state index in [-0.39, 0.29) is 41.5 Å². The van der Waals surface area contributed by atoms with Crippen LogP contribution in [0.15, 0.2) is 85.0 Å². The Labute approximate surface area is 326 Å². The third kappa shape index (κ3) is 4.95. The number of hydrogen-bond donors (Lipinski definition) is 1. The summed E-state index contributed by atoms with van der Waals surface area (Å²) in [6.07, 6.45) is 4.22. The topological polar surface area (TPSA) is 122 Å². The smallest absolute Gasteiger partial charge is 0.242 e. The Balaban J connectivity index is 1.15. The Morgan fingerprint density at radius 1 is 0.982 bits per heavy atom. The van der Waals surface area contributed by atoms with Gasteiger partial charge >= 0.3 is 0 Å². The number of anilines is 2. The molecule has 12 heteroatoms. The van der Waals surface area contributed by atoms with Crippen molar-refractivity contribution in [2.24, 2.45) is 36.1 Å². The van der Waals surface area contributed by atoms with Crippen molar-refractivity contribution >= 4 is 74.2 Å². The molecule has 55 heavy (non-hydrogen) atoms. The van der Waals surface area contributed by atoms with Crippen LogP contribution in [0.1, 0.15) is 42.4 Å². The standard InChI is InChI=1S/C43H37ClN4O6S/c1-6-22-7-11-25(12-8-22)47-39(50)27-14-13-26-29(36(27)41(47)52)19-30-40(51)48(42(53)43(30,3)37(26)23-9-15-32(49)33(17-23)54-5)35-20-31(45-46(35)4)38-21(2)28-18-24(44)10-16-34(28)55-38/h6-13,15-18,20,27,29-30,36-37,49H,1,14,19H2,2-5H3/t27-,29+,30-,36-,37-,43+/m0/s1. The SMILES string of the molecule is C=Cc1ccc(N2C(=O)[C@H]3[C@H](CC=C4[C@H]3C[C@H]3C(=O)N(c5cc(-c6sc7ccc(Cl)cc7c6C)nn5C)C(=O)[C@@]3(C)[C@H]4c3ccc(O)c(OC)c3)C2=O)cc1. The number of aromatic hydroxyl groups is 1. The van der Waals surface area contributed by atoms with Crippen molar-refractivity contribution in [1.29, 1.82) is 0 Å². The van der Waals surface area contributed by atoms with Gasteiger partial charge in [0.05, 0.1) is 40.8 Å². The highest BCUT2D eigenvalue weighted by Crippen LogP contribution is 2.64. The number of thiophene rings is 1. The molecule has 3 fully saturated rings. The first-order chi connectivity index (χ1) is 26.4. The number of carbonyl (C=O) groups excluding carboxylic acids is 4. The number of fused-ring (bicyclic) bond motifs is 5. The number of ether oxygens (including phenoxy) is 1. The van der Waals surface area contributed by atoms with E-state index in [9.17, 15) is 19.5 Å². The fraction of sp³-hybridized carbons (Fsp3) is 0.279. The van der Waals surface area contributed by atoms with Gasteiger partial charge in [-0.25, -0.2) is 4.90 Å². The fourth-order valence-corrected chi connectivity index (χ4v) is 11.0. The molecule has 5 aromatic rings. The normalized spacial score (nSPS) is 26.0. The number of imide groups is 2. The van der Waals surface area contributed by atoms with Crippen LogP contribution >= 0.6 is 22.9 Å². The zero-order valence-electron chi connectivity index (χ0n) is 30.6. The second-order valence-electron chi connectivity index (χ2n) is 15.1. The van der Waals surface area contributed by atoms with E-state index in [1.165, 1.54) is 23.0 Å². The van der Waals surface area contributed by atoms with Crippen LogP contribution in [0.2, 0.25) is 5.02 Å². The van der Waals surface area contributed by atoms with Crippen molar-refractivity contribution < 1.29 is 29.0 Å². The van der Waals surface area contributed by atoms with Gasteiger partial charge in [0.25, 0.3) is 0 Å². The van der Waals surface area contributed by atoms with Gasteiger partial charge in [0.2, 0.25) is 23.6 Å². The molecule has 2 aliphatic heterocycles. The zero-order chi connectivity index (χ0) is 38.7. The number of halogens is 1. The second-order valence-corrected chi connectivity index (χ2v) is 16.6. The Morgan fingerprint density at radius 3 is 2.47 bits per heavy atom. The van der Waals surface area contributed by atoms with E-state index < -0.39 is 35.0 Å². The third-order valence-electron chi connectivity index (χ3n) is 12.4. The van der Waals surface area contributed by atoms with Gasteiger partial charge in [-0.2, -0.15) is 5.10 Å². The molecular weight excluding hydrogens is 736 g/mol. The second kappa shape index (κ2) is 12.5. The van der Waals surface area contributed by atoms with Crippen LogP contribution < -0.4 is 14.5 Å². The number of carbonyl (C=O) groups is 4. The molecule has 0 radical (unpaired) electrons. The number of phenolic OH excluding ortho intramolecular Hbond substituents is 1. The van der Waals surface area contributed by atoms with E-state index in [2.05, 4.69) is 6.58 Å². The van der Waals surface area contributed by atoms with Crippen LogP contribution in [-0.2, 0) is 26.2 Å². The summed E-state index contributed by atoms with van der Waals surface area (Å²) in [5, 5.41) is 17.0. The van der Waals surface area contributed by atoms with Crippen molar-refractivity contribution in [3.63, 3.8) is 0 Å². The van der Waals surface area contributed by atoms with E-state index in [0.29, 0.717) is 34.2 Å². The minimum Gasteiger partial charge on any atom is -0.504 e. The highest BCUT2D eigenvalue weighted by atomic mass is 35.5. The van der Waals surface area contributed by atoms with Crippen LogP contribution in [0.4, 0.5) is 11.5 Å². The lowest BCUT2D eigenvalue weighted by Crippen LogP contribution is -2.48. The van der Waals surface area contributed by atoms with Crippen LogP contribution in [0, 0.1) is 36.0 Å². The Morgan fingerprint density at radius 2 is 1.75 bits per heavy atom. The van der Waals surface area contributed by atoms with E-state index in [1.807, 2.05) is 50.3 Å². The molecule has 1 saturated carbocycles. The lowest BCUT2D eigenvalue weighted by Gasteiger charge is -2.49. The number of aryl methyl sites for hydroxylation is 2. The van der Waals surface area contributed by atoms with Crippen molar-refractivity contribution in [2.45, 2.75) is 32.6 Å². The summed E-state index contributed by atoms with van der Waals surface area (Å²) in [5.41, 5.74) is 3.20. The monoisotopic (exact) mass is 772 g/mol. The summed E-state index contributed by atoms with van der Waals surface area (Å²) in [6, 6.07) is 19.6. The number of benzene rings is 3. The summed E-state index contributed by atoms with van der Waals surface area (Å²) < 4.78 is 8.13. The molecule has 3 aromatic carbocycles. The molecule has 0 unspecified atom stereocenters. The maximum absolute atomic E-state index is 15.1.